The Morgan fingerprint density at radius 3 is 2.66 bits per heavy atom. The van der Waals surface area contributed by atoms with Crippen LogP contribution in [0.3, 0.4) is 0 Å². The summed E-state index contributed by atoms with van der Waals surface area (Å²) in [5.41, 5.74) is 0.691. The van der Waals surface area contributed by atoms with Gasteiger partial charge in [0.25, 0.3) is 11.8 Å². The van der Waals surface area contributed by atoms with Crippen molar-refractivity contribution in [3.05, 3.63) is 65.4 Å². The van der Waals surface area contributed by atoms with Crippen LogP contribution in [0.15, 0.2) is 41.4 Å². The van der Waals surface area contributed by atoms with Crippen molar-refractivity contribution >= 4 is 11.6 Å². The van der Waals surface area contributed by atoms with Gasteiger partial charge >= 0.3 is 0 Å². The van der Waals surface area contributed by atoms with E-state index in [0.717, 1.165) is 18.2 Å². The standard InChI is InChI=1S/C20H19F3N4O2/c1-5-8-20(22,23)17-10-16(27(4)25-17)14-7-6-13(9-15(14)21)24-19(28)18-11(2)26-29-12(18)3/h5-7,9-10H,1,8H2,2-4H3,(H,24,28). The first kappa shape index (κ1) is 20.4. The van der Waals surface area contributed by atoms with E-state index in [1.165, 1.54) is 23.9 Å². The van der Waals surface area contributed by atoms with E-state index in [1.54, 1.807) is 13.8 Å². The first-order chi connectivity index (χ1) is 13.6. The molecule has 0 spiro atoms. The maximum absolute atomic E-state index is 14.7. The summed E-state index contributed by atoms with van der Waals surface area (Å²) >= 11 is 0. The Bertz CT molecular complexity index is 1070. The normalized spacial score (nSPS) is 11.5. The van der Waals surface area contributed by atoms with Crippen molar-refractivity contribution in [1.29, 1.82) is 0 Å². The fourth-order valence-corrected chi connectivity index (χ4v) is 2.99. The fraction of sp³-hybridized carbons (Fsp3) is 0.250. The molecule has 152 valence electrons. The Morgan fingerprint density at radius 2 is 2.07 bits per heavy atom. The number of rotatable bonds is 6. The summed E-state index contributed by atoms with van der Waals surface area (Å²) in [6.45, 7) is 6.54. The summed E-state index contributed by atoms with van der Waals surface area (Å²) in [5, 5.41) is 10.1. The van der Waals surface area contributed by atoms with Crippen molar-refractivity contribution in [2.24, 2.45) is 7.05 Å². The molecule has 0 aliphatic heterocycles. The summed E-state index contributed by atoms with van der Waals surface area (Å²) in [6, 6.07) is 5.12. The Labute approximate surface area is 165 Å². The van der Waals surface area contributed by atoms with Crippen LogP contribution < -0.4 is 5.32 Å². The Hall–Kier alpha value is -3.36. The largest absolute Gasteiger partial charge is 0.361 e. The highest BCUT2D eigenvalue weighted by Crippen LogP contribution is 2.34. The molecule has 1 amide bonds. The number of hydrogen-bond donors (Lipinski definition) is 1. The van der Waals surface area contributed by atoms with E-state index in [1.807, 2.05) is 0 Å². The molecule has 0 fully saturated rings. The maximum Gasteiger partial charge on any atom is 0.294 e. The third-order valence-electron chi connectivity index (χ3n) is 4.42. The van der Waals surface area contributed by atoms with Gasteiger partial charge in [0.15, 0.2) is 0 Å². The van der Waals surface area contributed by atoms with Gasteiger partial charge in [0.2, 0.25) is 0 Å². The van der Waals surface area contributed by atoms with Crippen molar-refractivity contribution < 1.29 is 22.5 Å². The van der Waals surface area contributed by atoms with Gasteiger partial charge in [0.1, 0.15) is 22.8 Å². The van der Waals surface area contributed by atoms with Crippen molar-refractivity contribution in [2.45, 2.75) is 26.2 Å². The minimum Gasteiger partial charge on any atom is -0.361 e. The Balaban J connectivity index is 1.88. The Kier molecular flexibility index (Phi) is 5.32. The summed E-state index contributed by atoms with van der Waals surface area (Å²) in [7, 11) is 1.45. The predicted molar refractivity (Wildman–Crippen MR) is 101 cm³/mol. The average molecular weight is 404 g/mol. The molecule has 9 heteroatoms. The van der Waals surface area contributed by atoms with Crippen molar-refractivity contribution in [1.82, 2.24) is 14.9 Å². The molecule has 0 saturated carbocycles. The van der Waals surface area contributed by atoms with Crippen LogP contribution in [0.25, 0.3) is 11.3 Å². The van der Waals surface area contributed by atoms with Crippen LogP contribution >= 0.6 is 0 Å². The second-order valence-electron chi connectivity index (χ2n) is 6.58. The molecule has 3 rings (SSSR count). The molecule has 0 aliphatic carbocycles. The molecule has 0 atom stereocenters. The lowest BCUT2D eigenvalue weighted by atomic mass is 10.1. The van der Waals surface area contributed by atoms with Crippen LogP contribution in [0.2, 0.25) is 0 Å². The minimum absolute atomic E-state index is 0.0796. The van der Waals surface area contributed by atoms with E-state index >= 15 is 0 Å². The molecular formula is C20H19F3N4O2. The average Bonchev–Trinajstić information content (AvgIpc) is 3.18. The highest BCUT2D eigenvalue weighted by molar-refractivity contribution is 6.05. The van der Waals surface area contributed by atoms with Gasteiger partial charge in [-0.15, -0.1) is 6.58 Å². The van der Waals surface area contributed by atoms with E-state index in [2.05, 4.69) is 22.2 Å². The van der Waals surface area contributed by atoms with E-state index in [-0.39, 0.29) is 22.5 Å². The number of hydrogen-bond acceptors (Lipinski definition) is 4. The third kappa shape index (κ3) is 3.94. The van der Waals surface area contributed by atoms with Gasteiger partial charge in [-0.05, 0) is 38.1 Å². The van der Waals surface area contributed by atoms with Crippen LogP contribution in [0.5, 0.6) is 0 Å². The molecule has 2 aromatic heterocycles. The lowest BCUT2D eigenvalue weighted by Gasteiger charge is -2.10. The van der Waals surface area contributed by atoms with E-state index in [0.29, 0.717) is 11.5 Å². The van der Waals surface area contributed by atoms with Crippen LogP contribution in [0.1, 0.15) is 33.9 Å². The molecule has 6 nitrogen and oxygen atoms in total. The highest BCUT2D eigenvalue weighted by Gasteiger charge is 2.34. The smallest absolute Gasteiger partial charge is 0.294 e. The number of allylic oxidation sites excluding steroid dienone is 1. The minimum atomic E-state index is -3.20. The van der Waals surface area contributed by atoms with E-state index < -0.39 is 29.8 Å². The topological polar surface area (TPSA) is 73.0 Å². The predicted octanol–water partition coefficient (Wildman–Crippen LogP) is 4.75. The molecule has 1 N–H and O–H groups in total. The number of carbonyl (C=O) groups excluding carboxylic acids is 1. The van der Waals surface area contributed by atoms with Crippen LogP contribution in [0, 0.1) is 19.7 Å². The number of nitrogens with one attached hydrogen (secondary N) is 1. The number of halogens is 3. The van der Waals surface area contributed by atoms with Gasteiger partial charge in [0.05, 0.1) is 11.4 Å². The quantitative estimate of drug-likeness (QED) is 0.602. The molecule has 0 radical (unpaired) electrons. The first-order valence-electron chi connectivity index (χ1n) is 8.71. The van der Waals surface area contributed by atoms with Gasteiger partial charge in [-0.1, -0.05) is 11.2 Å². The molecular weight excluding hydrogens is 385 g/mol. The highest BCUT2D eigenvalue weighted by atomic mass is 19.3. The molecule has 0 saturated heterocycles. The maximum atomic E-state index is 14.7. The van der Waals surface area contributed by atoms with Crippen LogP contribution in [-0.4, -0.2) is 20.8 Å². The van der Waals surface area contributed by atoms with Gasteiger partial charge in [-0.25, -0.2) is 4.39 Å². The molecule has 2 heterocycles. The van der Waals surface area contributed by atoms with Crippen LogP contribution in [-0.2, 0) is 13.0 Å². The summed E-state index contributed by atoms with van der Waals surface area (Å²) in [5.74, 6) is -4.03. The molecule has 29 heavy (non-hydrogen) atoms. The first-order valence-corrected chi connectivity index (χ1v) is 8.71. The SMILES string of the molecule is C=CCC(F)(F)c1cc(-c2ccc(NC(=O)c3c(C)noc3C)cc2F)n(C)n1. The number of aryl methyl sites for hydroxylation is 3. The van der Waals surface area contributed by atoms with E-state index in [4.69, 9.17) is 4.52 Å². The number of amides is 1. The molecule has 3 aromatic rings. The number of benzene rings is 1. The second kappa shape index (κ2) is 7.57. The lowest BCUT2D eigenvalue weighted by molar-refractivity contribution is -0.00592. The number of nitrogens with zero attached hydrogens (tertiary/aromatic N) is 3. The zero-order chi connectivity index (χ0) is 21.3. The molecule has 0 bridgehead atoms. The van der Waals surface area contributed by atoms with Crippen molar-refractivity contribution in [3.8, 4) is 11.3 Å². The zero-order valence-corrected chi connectivity index (χ0v) is 16.1. The molecule has 0 unspecified atom stereocenters. The van der Waals surface area contributed by atoms with E-state index in [9.17, 15) is 18.0 Å². The van der Waals surface area contributed by atoms with Gasteiger partial charge in [0, 0.05) is 24.7 Å². The van der Waals surface area contributed by atoms with Gasteiger partial charge < -0.3 is 9.84 Å². The van der Waals surface area contributed by atoms with Crippen LogP contribution in [0.4, 0.5) is 18.9 Å². The summed E-state index contributed by atoms with van der Waals surface area (Å²) in [6.07, 6.45) is 0.532. The number of aromatic nitrogens is 3. The molecule has 1 aromatic carbocycles. The monoisotopic (exact) mass is 404 g/mol. The lowest BCUT2D eigenvalue weighted by Crippen LogP contribution is -2.13. The zero-order valence-electron chi connectivity index (χ0n) is 16.1. The number of carbonyl (C=O) groups is 1. The van der Waals surface area contributed by atoms with Crippen molar-refractivity contribution in [2.75, 3.05) is 5.32 Å². The van der Waals surface area contributed by atoms with Gasteiger partial charge in [-0.3, -0.25) is 9.48 Å². The van der Waals surface area contributed by atoms with Crippen molar-refractivity contribution in [3.63, 3.8) is 0 Å². The fourth-order valence-electron chi connectivity index (χ4n) is 2.99. The molecule has 0 aliphatic rings. The number of anilines is 1. The van der Waals surface area contributed by atoms with Gasteiger partial charge in [-0.2, -0.15) is 13.9 Å². The summed E-state index contributed by atoms with van der Waals surface area (Å²) < 4.78 is 49.0. The Morgan fingerprint density at radius 1 is 1.34 bits per heavy atom. The second-order valence-corrected chi connectivity index (χ2v) is 6.58. The number of alkyl halides is 2. The third-order valence-corrected chi connectivity index (χ3v) is 4.42. The summed E-state index contributed by atoms with van der Waals surface area (Å²) in [4.78, 5) is 12.4.